The lowest BCUT2D eigenvalue weighted by atomic mass is 10.1. The monoisotopic (exact) mass is 138 g/mol. The highest BCUT2D eigenvalue weighted by Crippen LogP contribution is 2.16. The third kappa shape index (κ3) is 2.26. The second-order valence-electron chi connectivity index (χ2n) is 2.94. The largest absolute Gasteiger partial charge is 0.321 e. The first-order chi connectivity index (χ1) is 4.93. The molecule has 1 aliphatic carbocycles. The molecular weight excluding hydrogens is 124 g/mol. The minimum absolute atomic E-state index is 0.479. The van der Waals surface area contributed by atoms with E-state index in [4.69, 9.17) is 5.26 Å². The number of nitriles is 1. The molecule has 0 saturated heterocycles. The van der Waals surface area contributed by atoms with Gasteiger partial charge in [0.15, 0.2) is 6.19 Å². The summed E-state index contributed by atoms with van der Waals surface area (Å²) in [5.74, 6) is 0. The van der Waals surface area contributed by atoms with E-state index in [0.717, 1.165) is 0 Å². The number of nitrogens with one attached hydrogen (secondary N) is 1. The van der Waals surface area contributed by atoms with Gasteiger partial charge >= 0.3 is 0 Å². The van der Waals surface area contributed by atoms with Gasteiger partial charge in [0.1, 0.15) is 0 Å². The van der Waals surface area contributed by atoms with Crippen LogP contribution >= 0.6 is 0 Å². The Morgan fingerprint density at radius 2 is 1.70 bits per heavy atom. The molecule has 0 spiro atoms. The minimum Gasteiger partial charge on any atom is -0.321 e. The van der Waals surface area contributed by atoms with Crippen LogP contribution in [0.25, 0.3) is 0 Å². The van der Waals surface area contributed by atoms with Crippen molar-refractivity contribution in [1.82, 2.24) is 5.32 Å². The van der Waals surface area contributed by atoms with Crippen molar-refractivity contribution >= 4 is 0 Å². The summed E-state index contributed by atoms with van der Waals surface area (Å²) in [5.41, 5.74) is 0. The molecular formula is C8H14N2. The molecule has 0 bridgehead atoms. The highest BCUT2D eigenvalue weighted by molar-refractivity contribution is 4.77. The predicted molar refractivity (Wildman–Crippen MR) is 40.2 cm³/mol. The molecule has 0 unspecified atom stereocenters. The van der Waals surface area contributed by atoms with E-state index in [-0.39, 0.29) is 0 Å². The van der Waals surface area contributed by atoms with Crippen molar-refractivity contribution < 1.29 is 0 Å². The lowest BCUT2D eigenvalue weighted by Gasteiger charge is -2.09. The minimum atomic E-state index is 0.479. The van der Waals surface area contributed by atoms with E-state index in [1.165, 1.54) is 38.5 Å². The van der Waals surface area contributed by atoms with E-state index in [1.807, 2.05) is 6.19 Å². The van der Waals surface area contributed by atoms with E-state index in [1.54, 1.807) is 0 Å². The summed E-state index contributed by atoms with van der Waals surface area (Å²) in [6.45, 7) is 0. The van der Waals surface area contributed by atoms with Gasteiger partial charge in [-0.1, -0.05) is 25.7 Å². The summed E-state index contributed by atoms with van der Waals surface area (Å²) >= 11 is 0. The number of hydrogen-bond acceptors (Lipinski definition) is 2. The predicted octanol–water partition coefficient (Wildman–Crippen LogP) is 1.78. The Morgan fingerprint density at radius 3 is 2.20 bits per heavy atom. The first-order valence-corrected chi connectivity index (χ1v) is 4.08. The Bertz CT molecular complexity index is 118. The summed E-state index contributed by atoms with van der Waals surface area (Å²) in [5, 5.41) is 11.2. The van der Waals surface area contributed by atoms with Crippen molar-refractivity contribution in [2.75, 3.05) is 0 Å². The maximum absolute atomic E-state index is 8.35. The summed E-state index contributed by atoms with van der Waals surface area (Å²) in [6.07, 6.45) is 9.67. The molecule has 0 heterocycles. The number of hydrogen-bond donors (Lipinski definition) is 1. The van der Waals surface area contributed by atoms with Crippen LogP contribution in [0.4, 0.5) is 0 Å². The van der Waals surface area contributed by atoms with Crippen molar-refractivity contribution in [1.29, 1.82) is 5.26 Å². The van der Waals surface area contributed by atoms with Crippen LogP contribution in [-0.4, -0.2) is 6.04 Å². The van der Waals surface area contributed by atoms with Crippen LogP contribution in [0.3, 0.4) is 0 Å². The molecule has 0 radical (unpaired) electrons. The Balaban J connectivity index is 2.23. The third-order valence-corrected chi connectivity index (χ3v) is 2.12. The molecule has 1 aliphatic rings. The van der Waals surface area contributed by atoms with E-state index in [9.17, 15) is 0 Å². The molecule has 0 aliphatic heterocycles. The molecule has 1 N–H and O–H groups in total. The van der Waals surface area contributed by atoms with Crippen molar-refractivity contribution in [3.63, 3.8) is 0 Å². The maximum atomic E-state index is 8.35. The Morgan fingerprint density at radius 1 is 1.10 bits per heavy atom. The summed E-state index contributed by atoms with van der Waals surface area (Å²) in [6, 6.07) is 0.479. The zero-order valence-electron chi connectivity index (χ0n) is 6.27. The van der Waals surface area contributed by atoms with Crippen LogP contribution in [0.2, 0.25) is 0 Å². The lowest BCUT2D eigenvalue weighted by Crippen LogP contribution is -2.23. The topological polar surface area (TPSA) is 35.8 Å². The average Bonchev–Trinajstić information content (AvgIpc) is 2.17. The molecule has 0 amide bonds. The molecule has 1 rings (SSSR count). The van der Waals surface area contributed by atoms with E-state index in [0.29, 0.717) is 6.04 Å². The van der Waals surface area contributed by atoms with Gasteiger partial charge in [0.25, 0.3) is 0 Å². The highest BCUT2D eigenvalue weighted by Gasteiger charge is 2.09. The van der Waals surface area contributed by atoms with Gasteiger partial charge in [-0.15, -0.1) is 0 Å². The summed E-state index contributed by atoms with van der Waals surface area (Å²) in [4.78, 5) is 0. The molecule has 56 valence electrons. The summed E-state index contributed by atoms with van der Waals surface area (Å²) in [7, 11) is 0. The fourth-order valence-corrected chi connectivity index (χ4v) is 1.51. The Labute approximate surface area is 62.2 Å². The fraction of sp³-hybridized carbons (Fsp3) is 0.875. The van der Waals surface area contributed by atoms with Crippen molar-refractivity contribution in [3.05, 3.63) is 0 Å². The third-order valence-electron chi connectivity index (χ3n) is 2.12. The smallest absolute Gasteiger partial charge is 0.176 e. The van der Waals surface area contributed by atoms with E-state index in [2.05, 4.69) is 5.32 Å². The Hall–Kier alpha value is -0.710. The number of rotatable bonds is 1. The van der Waals surface area contributed by atoms with Crippen LogP contribution in [0.15, 0.2) is 0 Å². The van der Waals surface area contributed by atoms with Crippen molar-refractivity contribution in [3.8, 4) is 6.19 Å². The maximum Gasteiger partial charge on any atom is 0.176 e. The van der Waals surface area contributed by atoms with Gasteiger partial charge < -0.3 is 5.32 Å². The second kappa shape index (κ2) is 4.16. The van der Waals surface area contributed by atoms with Gasteiger partial charge in [0.2, 0.25) is 0 Å². The first-order valence-electron chi connectivity index (χ1n) is 4.08. The normalized spacial score (nSPS) is 21.1. The van der Waals surface area contributed by atoms with Crippen LogP contribution in [-0.2, 0) is 0 Å². The number of nitrogens with zero attached hydrogens (tertiary/aromatic N) is 1. The van der Waals surface area contributed by atoms with Gasteiger partial charge in [-0.05, 0) is 12.8 Å². The molecule has 1 saturated carbocycles. The SMILES string of the molecule is N#CNC1CCCCCC1. The van der Waals surface area contributed by atoms with Crippen LogP contribution in [0.5, 0.6) is 0 Å². The first kappa shape index (κ1) is 7.40. The zero-order valence-corrected chi connectivity index (χ0v) is 6.27. The fourth-order valence-electron chi connectivity index (χ4n) is 1.51. The van der Waals surface area contributed by atoms with Gasteiger partial charge in [0.05, 0.1) is 0 Å². The molecule has 2 heteroatoms. The molecule has 1 fully saturated rings. The Kier molecular flexibility index (Phi) is 3.08. The van der Waals surface area contributed by atoms with Gasteiger partial charge in [-0.2, -0.15) is 5.26 Å². The second-order valence-corrected chi connectivity index (χ2v) is 2.94. The quantitative estimate of drug-likeness (QED) is 0.340. The van der Waals surface area contributed by atoms with Crippen molar-refractivity contribution in [2.24, 2.45) is 0 Å². The van der Waals surface area contributed by atoms with Crippen LogP contribution in [0, 0.1) is 11.5 Å². The zero-order chi connectivity index (χ0) is 7.23. The standard InChI is InChI=1S/C8H14N2/c9-7-10-8-5-3-1-2-4-6-8/h8,10H,1-6H2. The summed E-state index contributed by atoms with van der Waals surface area (Å²) < 4.78 is 0. The molecule has 0 aromatic heterocycles. The lowest BCUT2D eigenvalue weighted by molar-refractivity contribution is 0.523. The molecule has 2 nitrogen and oxygen atoms in total. The molecule has 0 aromatic carbocycles. The molecule has 10 heavy (non-hydrogen) atoms. The van der Waals surface area contributed by atoms with Crippen LogP contribution in [0.1, 0.15) is 38.5 Å². The highest BCUT2D eigenvalue weighted by atomic mass is 14.9. The van der Waals surface area contributed by atoms with E-state index >= 15 is 0 Å². The average molecular weight is 138 g/mol. The van der Waals surface area contributed by atoms with Gasteiger partial charge in [-0.25, -0.2) is 0 Å². The molecule has 0 atom stereocenters. The van der Waals surface area contributed by atoms with E-state index < -0.39 is 0 Å². The van der Waals surface area contributed by atoms with Gasteiger partial charge in [0, 0.05) is 6.04 Å². The van der Waals surface area contributed by atoms with Gasteiger partial charge in [-0.3, -0.25) is 0 Å². The van der Waals surface area contributed by atoms with Crippen molar-refractivity contribution in [2.45, 2.75) is 44.6 Å². The van der Waals surface area contributed by atoms with Crippen LogP contribution < -0.4 is 5.32 Å². The molecule has 0 aromatic rings.